The Balaban J connectivity index is 1.66. The highest BCUT2D eigenvalue weighted by atomic mass is 15.0. The Kier molecular flexibility index (Phi) is 4.45. The fourth-order valence-electron chi connectivity index (χ4n) is 1.74. The van der Waals surface area contributed by atoms with Gasteiger partial charge in [-0.2, -0.15) is 5.26 Å². The van der Waals surface area contributed by atoms with Gasteiger partial charge in [-0.1, -0.05) is 0 Å². The summed E-state index contributed by atoms with van der Waals surface area (Å²) in [6.45, 7) is 3.82. The summed E-state index contributed by atoms with van der Waals surface area (Å²) in [6, 6.07) is 1.94. The molecule has 0 fully saturated rings. The highest BCUT2D eigenvalue weighted by Crippen LogP contribution is 2.03. The van der Waals surface area contributed by atoms with E-state index in [4.69, 9.17) is 5.26 Å². The molecular formula is C13H16N6. The number of nitrogens with zero attached hydrogens (tertiary/aromatic N) is 5. The summed E-state index contributed by atoms with van der Waals surface area (Å²) < 4.78 is 2.14. The van der Waals surface area contributed by atoms with Gasteiger partial charge in [0.15, 0.2) is 5.69 Å². The van der Waals surface area contributed by atoms with Crippen molar-refractivity contribution < 1.29 is 0 Å². The lowest BCUT2D eigenvalue weighted by molar-refractivity contribution is 0.607. The van der Waals surface area contributed by atoms with Crippen molar-refractivity contribution in [2.75, 3.05) is 11.9 Å². The van der Waals surface area contributed by atoms with Crippen molar-refractivity contribution >= 4 is 5.82 Å². The number of anilines is 1. The van der Waals surface area contributed by atoms with Gasteiger partial charge < -0.3 is 9.88 Å². The van der Waals surface area contributed by atoms with E-state index in [-0.39, 0.29) is 0 Å². The number of unbranched alkanes of at least 4 members (excludes halogenated alkanes) is 1. The number of imidazole rings is 1. The molecule has 0 bridgehead atoms. The molecule has 0 amide bonds. The SMILES string of the molecule is Cc1nccn1CCCCNc1cnc(C#N)cn1. The zero-order valence-electron chi connectivity index (χ0n) is 10.9. The topological polar surface area (TPSA) is 79.4 Å². The van der Waals surface area contributed by atoms with Crippen molar-refractivity contribution in [2.24, 2.45) is 0 Å². The van der Waals surface area contributed by atoms with Gasteiger partial charge in [-0.15, -0.1) is 0 Å². The molecule has 0 radical (unpaired) electrons. The summed E-state index contributed by atoms with van der Waals surface area (Å²) in [4.78, 5) is 12.2. The summed E-state index contributed by atoms with van der Waals surface area (Å²) in [5, 5.41) is 11.8. The molecule has 0 atom stereocenters. The molecule has 2 aromatic heterocycles. The molecule has 0 aliphatic heterocycles. The van der Waals surface area contributed by atoms with Crippen LogP contribution in [0.4, 0.5) is 5.82 Å². The lowest BCUT2D eigenvalue weighted by Gasteiger charge is -2.06. The van der Waals surface area contributed by atoms with Gasteiger partial charge in [0.25, 0.3) is 0 Å². The minimum Gasteiger partial charge on any atom is -0.369 e. The summed E-state index contributed by atoms with van der Waals surface area (Å²) in [5.41, 5.74) is 0.334. The molecule has 0 unspecified atom stereocenters. The van der Waals surface area contributed by atoms with Crippen LogP contribution in [0.2, 0.25) is 0 Å². The minimum absolute atomic E-state index is 0.334. The van der Waals surface area contributed by atoms with Crippen molar-refractivity contribution in [2.45, 2.75) is 26.3 Å². The van der Waals surface area contributed by atoms with Crippen molar-refractivity contribution in [1.82, 2.24) is 19.5 Å². The molecular weight excluding hydrogens is 240 g/mol. The second-order valence-electron chi connectivity index (χ2n) is 4.20. The smallest absolute Gasteiger partial charge is 0.158 e. The number of nitriles is 1. The van der Waals surface area contributed by atoms with E-state index in [9.17, 15) is 0 Å². The van der Waals surface area contributed by atoms with Gasteiger partial charge in [0.1, 0.15) is 17.7 Å². The number of rotatable bonds is 6. The molecule has 2 aromatic rings. The summed E-state index contributed by atoms with van der Waals surface area (Å²) in [5.74, 6) is 1.75. The zero-order chi connectivity index (χ0) is 13.5. The molecule has 2 rings (SSSR count). The molecule has 0 spiro atoms. The number of hydrogen-bond acceptors (Lipinski definition) is 5. The molecule has 0 aromatic carbocycles. The Bertz CT molecular complexity index is 551. The van der Waals surface area contributed by atoms with Gasteiger partial charge in [-0.25, -0.2) is 15.0 Å². The zero-order valence-corrected chi connectivity index (χ0v) is 10.9. The van der Waals surface area contributed by atoms with Crippen LogP contribution in [0.3, 0.4) is 0 Å². The van der Waals surface area contributed by atoms with Crippen LogP contribution in [0.5, 0.6) is 0 Å². The third kappa shape index (κ3) is 3.78. The molecule has 19 heavy (non-hydrogen) atoms. The van der Waals surface area contributed by atoms with Gasteiger partial charge in [0, 0.05) is 25.5 Å². The van der Waals surface area contributed by atoms with E-state index >= 15 is 0 Å². The van der Waals surface area contributed by atoms with E-state index < -0.39 is 0 Å². The molecule has 0 saturated carbocycles. The Labute approximate surface area is 112 Å². The predicted octanol–water partition coefficient (Wildman–Crippen LogP) is 1.75. The van der Waals surface area contributed by atoms with Crippen molar-refractivity contribution in [3.05, 3.63) is 36.3 Å². The van der Waals surface area contributed by atoms with E-state index in [1.165, 1.54) is 6.20 Å². The first kappa shape index (κ1) is 13.0. The molecule has 6 heteroatoms. The number of hydrogen-bond donors (Lipinski definition) is 1. The van der Waals surface area contributed by atoms with Crippen LogP contribution in [0.1, 0.15) is 24.4 Å². The largest absolute Gasteiger partial charge is 0.369 e. The minimum atomic E-state index is 0.334. The normalized spacial score (nSPS) is 10.1. The molecule has 6 nitrogen and oxygen atoms in total. The summed E-state index contributed by atoms with van der Waals surface area (Å²) in [6.07, 6.45) is 8.98. The standard InChI is InChI=1S/C13H16N6/c1-11-15-5-7-19(11)6-3-2-4-16-13-10-17-12(8-14)9-18-13/h5,7,9-10H,2-4,6H2,1H3,(H,16,18). The Morgan fingerprint density at radius 1 is 1.26 bits per heavy atom. The molecule has 0 aliphatic rings. The Morgan fingerprint density at radius 2 is 2.16 bits per heavy atom. The van der Waals surface area contributed by atoms with E-state index in [0.717, 1.165) is 31.8 Å². The molecule has 0 saturated heterocycles. The van der Waals surface area contributed by atoms with Gasteiger partial charge >= 0.3 is 0 Å². The van der Waals surface area contributed by atoms with Crippen LogP contribution < -0.4 is 5.32 Å². The van der Waals surface area contributed by atoms with E-state index in [1.807, 2.05) is 25.4 Å². The second kappa shape index (κ2) is 6.50. The maximum absolute atomic E-state index is 8.61. The average Bonchev–Trinajstić information content (AvgIpc) is 2.85. The maximum Gasteiger partial charge on any atom is 0.158 e. The summed E-state index contributed by atoms with van der Waals surface area (Å²) in [7, 11) is 0. The van der Waals surface area contributed by atoms with Crippen LogP contribution in [0.25, 0.3) is 0 Å². The van der Waals surface area contributed by atoms with Crippen molar-refractivity contribution in [3.63, 3.8) is 0 Å². The first-order valence-electron chi connectivity index (χ1n) is 6.23. The summed E-state index contributed by atoms with van der Waals surface area (Å²) >= 11 is 0. The predicted molar refractivity (Wildman–Crippen MR) is 71.4 cm³/mol. The lowest BCUT2D eigenvalue weighted by Crippen LogP contribution is -2.06. The Morgan fingerprint density at radius 3 is 2.79 bits per heavy atom. The maximum atomic E-state index is 8.61. The number of aromatic nitrogens is 4. The number of aryl methyl sites for hydroxylation is 2. The Hall–Kier alpha value is -2.42. The molecule has 0 aliphatic carbocycles. The van der Waals surface area contributed by atoms with Crippen LogP contribution in [0, 0.1) is 18.3 Å². The first-order valence-corrected chi connectivity index (χ1v) is 6.23. The monoisotopic (exact) mass is 256 g/mol. The first-order chi connectivity index (χ1) is 9.29. The average molecular weight is 256 g/mol. The fraction of sp³-hybridized carbons (Fsp3) is 0.385. The molecule has 2 heterocycles. The van der Waals surface area contributed by atoms with Crippen LogP contribution in [0.15, 0.2) is 24.8 Å². The van der Waals surface area contributed by atoms with Crippen LogP contribution in [-0.2, 0) is 6.54 Å². The van der Waals surface area contributed by atoms with Gasteiger partial charge in [-0.05, 0) is 19.8 Å². The molecule has 98 valence electrons. The number of nitrogens with one attached hydrogen (secondary N) is 1. The van der Waals surface area contributed by atoms with E-state index in [0.29, 0.717) is 11.5 Å². The third-order valence-corrected chi connectivity index (χ3v) is 2.82. The molecule has 1 N–H and O–H groups in total. The lowest BCUT2D eigenvalue weighted by atomic mass is 10.3. The third-order valence-electron chi connectivity index (χ3n) is 2.82. The van der Waals surface area contributed by atoms with E-state index in [2.05, 4.69) is 24.8 Å². The van der Waals surface area contributed by atoms with Crippen LogP contribution in [-0.4, -0.2) is 26.1 Å². The van der Waals surface area contributed by atoms with Gasteiger partial charge in [-0.3, -0.25) is 0 Å². The van der Waals surface area contributed by atoms with Crippen molar-refractivity contribution in [1.29, 1.82) is 5.26 Å². The fourth-order valence-corrected chi connectivity index (χ4v) is 1.74. The van der Waals surface area contributed by atoms with Gasteiger partial charge in [0.05, 0.1) is 12.4 Å². The quantitative estimate of drug-likeness (QED) is 0.796. The van der Waals surface area contributed by atoms with Gasteiger partial charge in [0.2, 0.25) is 0 Å². The second-order valence-corrected chi connectivity index (χ2v) is 4.20. The van der Waals surface area contributed by atoms with Crippen LogP contribution >= 0.6 is 0 Å². The highest BCUT2D eigenvalue weighted by molar-refractivity contribution is 5.32. The van der Waals surface area contributed by atoms with Crippen molar-refractivity contribution in [3.8, 4) is 6.07 Å². The highest BCUT2D eigenvalue weighted by Gasteiger charge is 1.98. The van der Waals surface area contributed by atoms with E-state index in [1.54, 1.807) is 6.20 Å².